The van der Waals surface area contributed by atoms with Gasteiger partial charge < -0.3 is 15.3 Å². The van der Waals surface area contributed by atoms with Gasteiger partial charge in [0.2, 0.25) is 0 Å². The second kappa shape index (κ2) is 6.91. The molecule has 1 atom stereocenters. The molecule has 1 aliphatic rings. The number of aryl methyl sites for hydroxylation is 1. The first-order valence-corrected chi connectivity index (χ1v) is 8.10. The molecule has 2 N–H and O–H groups in total. The van der Waals surface area contributed by atoms with Crippen molar-refractivity contribution in [3.63, 3.8) is 0 Å². The van der Waals surface area contributed by atoms with Crippen LogP contribution in [-0.4, -0.2) is 42.7 Å². The molecule has 0 radical (unpaired) electrons. The van der Waals surface area contributed by atoms with Gasteiger partial charge in [0.1, 0.15) is 0 Å². The fraction of sp³-hybridized carbons (Fsp3) is 0.667. The third kappa shape index (κ3) is 4.53. The second-order valence-electron chi connectivity index (χ2n) is 7.22. The van der Waals surface area contributed by atoms with Crippen LogP contribution in [0.4, 0.5) is 0 Å². The molecule has 21 heavy (non-hydrogen) atoms. The van der Waals surface area contributed by atoms with Gasteiger partial charge in [0, 0.05) is 32.7 Å². The van der Waals surface area contributed by atoms with Crippen molar-refractivity contribution >= 4 is 0 Å². The van der Waals surface area contributed by atoms with E-state index in [0.29, 0.717) is 0 Å². The molecule has 1 fully saturated rings. The standard InChI is InChI=1S/C18H30N2O/c1-14-5-6-15(18(2,3)4)13-16(14)17(21)7-10-20-11-8-19-9-12-20/h5-6,13,17,19,21H,7-12H2,1-4H3. The minimum absolute atomic E-state index is 0.126. The summed E-state index contributed by atoms with van der Waals surface area (Å²) in [5.41, 5.74) is 3.71. The van der Waals surface area contributed by atoms with Gasteiger partial charge in [-0.2, -0.15) is 0 Å². The van der Waals surface area contributed by atoms with Crippen LogP contribution in [0.5, 0.6) is 0 Å². The van der Waals surface area contributed by atoms with E-state index in [1.165, 1.54) is 11.1 Å². The monoisotopic (exact) mass is 290 g/mol. The highest BCUT2D eigenvalue weighted by atomic mass is 16.3. The fourth-order valence-electron chi connectivity index (χ4n) is 2.86. The van der Waals surface area contributed by atoms with E-state index >= 15 is 0 Å². The fourth-order valence-corrected chi connectivity index (χ4v) is 2.86. The molecule has 1 saturated heterocycles. The maximum atomic E-state index is 10.6. The van der Waals surface area contributed by atoms with Crippen molar-refractivity contribution in [3.8, 4) is 0 Å². The van der Waals surface area contributed by atoms with Crippen LogP contribution in [0.3, 0.4) is 0 Å². The molecule has 0 bridgehead atoms. The van der Waals surface area contributed by atoms with Crippen LogP contribution >= 0.6 is 0 Å². The third-order valence-corrected chi connectivity index (χ3v) is 4.43. The van der Waals surface area contributed by atoms with Gasteiger partial charge >= 0.3 is 0 Å². The maximum Gasteiger partial charge on any atom is 0.0804 e. The summed E-state index contributed by atoms with van der Waals surface area (Å²) in [5.74, 6) is 0. The number of hydrogen-bond donors (Lipinski definition) is 2. The maximum absolute atomic E-state index is 10.6. The molecule has 118 valence electrons. The highest BCUT2D eigenvalue weighted by molar-refractivity contribution is 5.35. The van der Waals surface area contributed by atoms with E-state index in [0.717, 1.165) is 44.7 Å². The number of aliphatic hydroxyl groups excluding tert-OH is 1. The van der Waals surface area contributed by atoms with Crippen LogP contribution in [-0.2, 0) is 5.41 Å². The summed E-state index contributed by atoms with van der Waals surface area (Å²) >= 11 is 0. The van der Waals surface area contributed by atoms with Crippen molar-refractivity contribution in [1.82, 2.24) is 10.2 Å². The van der Waals surface area contributed by atoms with Gasteiger partial charge in [0.05, 0.1) is 6.10 Å². The Morgan fingerprint density at radius 3 is 2.52 bits per heavy atom. The minimum Gasteiger partial charge on any atom is -0.388 e. The van der Waals surface area contributed by atoms with Gasteiger partial charge in [-0.25, -0.2) is 0 Å². The van der Waals surface area contributed by atoms with Crippen LogP contribution in [0.1, 0.15) is 50.0 Å². The van der Waals surface area contributed by atoms with Gasteiger partial charge in [0.15, 0.2) is 0 Å². The molecule has 1 aromatic rings. The van der Waals surface area contributed by atoms with Gasteiger partial charge in [-0.3, -0.25) is 0 Å². The van der Waals surface area contributed by atoms with Crippen LogP contribution in [0.15, 0.2) is 18.2 Å². The first-order chi connectivity index (χ1) is 9.88. The molecule has 0 aliphatic carbocycles. The van der Waals surface area contributed by atoms with E-state index in [1.54, 1.807) is 0 Å². The number of hydrogen-bond acceptors (Lipinski definition) is 3. The van der Waals surface area contributed by atoms with Crippen molar-refractivity contribution in [3.05, 3.63) is 34.9 Å². The molecule has 0 aromatic heterocycles. The lowest BCUT2D eigenvalue weighted by molar-refractivity contribution is 0.136. The van der Waals surface area contributed by atoms with Gasteiger partial charge in [0.25, 0.3) is 0 Å². The van der Waals surface area contributed by atoms with Gasteiger partial charge in [-0.1, -0.05) is 39.0 Å². The third-order valence-electron chi connectivity index (χ3n) is 4.43. The van der Waals surface area contributed by atoms with E-state index in [9.17, 15) is 5.11 Å². The molecule has 3 nitrogen and oxygen atoms in total. The lowest BCUT2D eigenvalue weighted by Gasteiger charge is -2.28. The van der Waals surface area contributed by atoms with Crippen molar-refractivity contribution in [1.29, 1.82) is 0 Å². The summed E-state index contributed by atoms with van der Waals surface area (Å²) in [5, 5.41) is 13.9. The van der Waals surface area contributed by atoms with Gasteiger partial charge in [-0.05, 0) is 35.4 Å². The van der Waals surface area contributed by atoms with E-state index in [-0.39, 0.29) is 11.5 Å². The molecule has 3 heteroatoms. The molecule has 1 heterocycles. The quantitative estimate of drug-likeness (QED) is 0.895. The number of benzene rings is 1. The normalized spacial score (nSPS) is 18.7. The van der Waals surface area contributed by atoms with Gasteiger partial charge in [-0.15, -0.1) is 0 Å². The average Bonchev–Trinajstić information content (AvgIpc) is 2.45. The zero-order valence-electron chi connectivity index (χ0n) is 13.9. The van der Waals surface area contributed by atoms with E-state index in [1.807, 2.05) is 0 Å². The summed E-state index contributed by atoms with van der Waals surface area (Å²) in [6.45, 7) is 14.0. The van der Waals surface area contributed by atoms with Crippen LogP contribution in [0.2, 0.25) is 0 Å². The zero-order valence-corrected chi connectivity index (χ0v) is 13.9. The van der Waals surface area contributed by atoms with Crippen LogP contribution in [0, 0.1) is 6.92 Å². The second-order valence-corrected chi connectivity index (χ2v) is 7.22. The minimum atomic E-state index is -0.359. The molecule has 2 rings (SSSR count). The highest BCUT2D eigenvalue weighted by Gasteiger charge is 2.18. The van der Waals surface area contributed by atoms with Crippen molar-refractivity contribution < 1.29 is 5.11 Å². The van der Waals surface area contributed by atoms with Crippen molar-refractivity contribution in [2.24, 2.45) is 0 Å². The number of rotatable bonds is 4. The number of aliphatic hydroxyl groups is 1. The first kappa shape index (κ1) is 16.5. The number of piperazine rings is 1. The molecule has 1 unspecified atom stereocenters. The van der Waals surface area contributed by atoms with E-state index < -0.39 is 0 Å². The Kier molecular flexibility index (Phi) is 5.42. The molecule has 0 amide bonds. The Morgan fingerprint density at radius 2 is 1.90 bits per heavy atom. The largest absolute Gasteiger partial charge is 0.388 e. The predicted molar refractivity (Wildman–Crippen MR) is 88.8 cm³/mol. The number of nitrogens with zero attached hydrogens (tertiary/aromatic N) is 1. The molecule has 0 spiro atoms. The topological polar surface area (TPSA) is 35.5 Å². The van der Waals surface area contributed by atoms with E-state index in [2.05, 4.69) is 56.1 Å². The molecule has 1 aromatic carbocycles. The Hall–Kier alpha value is -0.900. The lowest BCUT2D eigenvalue weighted by Crippen LogP contribution is -2.44. The Morgan fingerprint density at radius 1 is 1.24 bits per heavy atom. The Labute approximate surface area is 129 Å². The van der Waals surface area contributed by atoms with Crippen LogP contribution < -0.4 is 5.32 Å². The molecule has 1 aliphatic heterocycles. The summed E-state index contributed by atoms with van der Waals surface area (Å²) < 4.78 is 0. The Bertz CT molecular complexity index is 459. The van der Waals surface area contributed by atoms with Crippen molar-refractivity contribution in [2.75, 3.05) is 32.7 Å². The molecule has 0 saturated carbocycles. The SMILES string of the molecule is Cc1ccc(C(C)(C)C)cc1C(O)CCN1CCNCC1. The number of nitrogens with one attached hydrogen (secondary N) is 1. The summed E-state index contributed by atoms with van der Waals surface area (Å²) in [4.78, 5) is 2.43. The Balaban J connectivity index is 2.02. The zero-order chi connectivity index (χ0) is 15.5. The highest BCUT2D eigenvalue weighted by Crippen LogP contribution is 2.28. The predicted octanol–water partition coefficient (Wildman–Crippen LogP) is 2.62. The smallest absolute Gasteiger partial charge is 0.0804 e. The first-order valence-electron chi connectivity index (χ1n) is 8.10. The summed E-state index contributed by atoms with van der Waals surface area (Å²) in [7, 11) is 0. The summed E-state index contributed by atoms with van der Waals surface area (Å²) in [6, 6.07) is 6.52. The molecular formula is C18H30N2O. The van der Waals surface area contributed by atoms with Crippen molar-refractivity contribution in [2.45, 2.75) is 45.6 Å². The van der Waals surface area contributed by atoms with Crippen LogP contribution in [0.25, 0.3) is 0 Å². The van der Waals surface area contributed by atoms with E-state index in [4.69, 9.17) is 0 Å². The summed E-state index contributed by atoms with van der Waals surface area (Å²) in [6.07, 6.45) is 0.455. The molecular weight excluding hydrogens is 260 g/mol. The lowest BCUT2D eigenvalue weighted by atomic mass is 9.84. The average molecular weight is 290 g/mol.